The fourth-order valence-corrected chi connectivity index (χ4v) is 2.63. The van der Waals surface area contributed by atoms with Gasteiger partial charge in [0.1, 0.15) is 0 Å². The van der Waals surface area contributed by atoms with Gasteiger partial charge in [0.2, 0.25) is 0 Å². The average molecular weight is 365 g/mol. The van der Waals surface area contributed by atoms with Gasteiger partial charge in [0.15, 0.2) is 0 Å². The maximum absolute atomic E-state index is 12.7. The molecule has 1 nitrogen and oxygen atoms in total. The molecule has 0 aliphatic heterocycles. The molecule has 2 aromatic rings. The van der Waals surface area contributed by atoms with Crippen LogP contribution in [-0.4, -0.2) is 0 Å². The zero-order valence-electron chi connectivity index (χ0n) is 10.1. The summed E-state index contributed by atoms with van der Waals surface area (Å²) in [4.78, 5) is 0. The first-order chi connectivity index (χ1) is 9.29. The highest BCUT2D eigenvalue weighted by Crippen LogP contribution is 2.33. The lowest BCUT2D eigenvalue weighted by Gasteiger charge is -2.16. The molecule has 0 fully saturated rings. The van der Waals surface area contributed by atoms with Crippen molar-refractivity contribution >= 4 is 27.5 Å². The molecule has 2 aromatic carbocycles. The number of rotatable bonds is 2. The Bertz CT molecular complexity index is 628. The number of benzene rings is 2. The molecule has 1 atom stereocenters. The number of alkyl halides is 3. The molecule has 2 N–H and O–H groups in total. The average Bonchev–Trinajstić information content (AvgIpc) is 2.37. The van der Waals surface area contributed by atoms with E-state index in [1.165, 1.54) is 6.07 Å². The smallest absolute Gasteiger partial charge is 0.320 e. The van der Waals surface area contributed by atoms with Gasteiger partial charge < -0.3 is 5.73 Å². The van der Waals surface area contributed by atoms with Crippen LogP contribution in [0.25, 0.3) is 0 Å². The number of nitrogens with two attached hydrogens (primary N) is 1. The highest BCUT2D eigenvalue weighted by atomic mass is 79.9. The largest absolute Gasteiger partial charge is 0.416 e. The normalized spacial score (nSPS) is 13.3. The van der Waals surface area contributed by atoms with E-state index in [2.05, 4.69) is 15.9 Å². The lowest BCUT2D eigenvalue weighted by atomic mass is 9.98. The van der Waals surface area contributed by atoms with Crippen molar-refractivity contribution in [2.24, 2.45) is 5.73 Å². The quantitative estimate of drug-likeness (QED) is 0.782. The summed E-state index contributed by atoms with van der Waals surface area (Å²) in [6.07, 6.45) is -4.39. The summed E-state index contributed by atoms with van der Waals surface area (Å²) in [6, 6.07) is 9.33. The van der Waals surface area contributed by atoms with E-state index in [4.69, 9.17) is 17.3 Å². The van der Waals surface area contributed by atoms with Gasteiger partial charge in [0.25, 0.3) is 0 Å². The van der Waals surface area contributed by atoms with Gasteiger partial charge >= 0.3 is 6.18 Å². The fraction of sp³-hybridized carbons (Fsp3) is 0.143. The van der Waals surface area contributed by atoms with Crippen LogP contribution in [0.3, 0.4) is 0 Å². The van der Waals surface area contributed by atoms with Crippen molar-refractivity contribution in [1.29, 1.82) is 0 Å². The van der Waals surface area contributed by atoms with Crippen molar-refractivity contribution in [3.8, 4) is 0 Å². The van der Waals surface area contributed by atoms with Crippen LogP contribution in [0.1, 0.15) is 22.7 Å². The third-order valence-electron chi connectivity index (χ3n) is 2.87. The molecule has 0 spiro atoms. The summed E-state index contributed by atoms with van der Waals surface area (Å²) in [5.41, 5.74) is 6.23. The third-order valence-corrected chi connectivity index (χ3v) is 3.69. The zero-order chi connectivity index (χ0) is 14.9. The van der Waals surface area contributed by atoms with E-state index in [0.717, 1.165) is 16.6 Å². The first-order valence-corrected chi connectivity index (χ1v) is 6.84. The first kappa shape index (κ1) is 15.4. The molecule has 0 aromatic heterocycles. The molecule has 0 aliphatic rings. The Morgan fingerprint density at radius 1 is 1.10 bits per heavy atom. The van der Waals surface area contributed by atoms with E-state index in [1.54, 1.807) is 24.3 Å². The Morgan fingerprint density at radius 3 is 2.40 bits per heavy atom. The van der Waals surface area contributed by atoms with Crippen LogP contribution >= 0.6 is 27.5 Å². The van der Waals surface area contributed by atoms with Crippen molar-refractivity contribution in [3.63, 3.8) is 0 Å². The van der Waals surface area contributed by atoms with Crippen LogP contribution in [0.2, 0.25) is 5.02 Å². The lowest BCUT2D eigenvalue weighted by molar-refractivity contribution is -0.137. The van der Waals surface area contributed by atoms with Gasteiger partial charge in [-0.05, 0) is 35.4 Å². The molecule has 0 bridgehead atoms. The topological polar surface area (TPSA) is 26.0 Å². The molecule has 0 radical (unpaired) electrons. The highest BCUT2D eigenvalue weighted by molar-refractivity contribution is 9.10. The van der Waals surface area contributed by atoms with Crippen LogP contribution in [0.5, 0.6) is 0 Å². The molecular weight excluding hydrogens is 355 g/mol. The second-order valence-electron chi connectivity index (χ2n) is 4.27. The van der Waals surface area contributed by atoms with Gasteiger partial charge in [-0.1, -0.05) is 45.7 Å². The number of hydrogen-bond donors (Lipinski definition) is 1. The van der Waals surface area contributed by atoms with E-state index in [0.29, 0.717) is 16.1 Å². The van der Waals surface area contributed by atoms with Crippen LogP contribution in [0.15, 0.2) is 46.9 Å². The van der Waals surface area contributed by atoms with Crippen LogP contribution < -0.4 is 5.73 Å². The standard InChI is InChI=1S/C14H10BrClF3N/c15-10-4-5-11(12(16)7-10)13(20)8-2-1-3-9(6-8)14(17,18)19/h1-7,13H,20H2. The van der Waals surface area contributed by atoms with Crippen LogP contribution in [-0.2, 0) is 6.18 Å². The Hall–Kier alpha value is -1.04. The molecule has 20 heavy (non-hydrogen) atoms. The van der Waals surface area contributed by atoms with Gasteiger partial charge in [0.05, 0.1) is 11.6 Å². The predicted molar refractivity (Wildman–Crippen MR) is 76.6 cm³/mol. The minimum atomic E-state index is -4.39. The van der Waals surface area contributed by atoms with Gasteiger partial charge in [-0.15, -0.1) is 0 Å². The Kier molecular flexibility index (Phi) is 4.42. The molecular formula is C14H10BrClF3N. The van der Waals surface area contributed by atoms with Gasteiger partial charge in [-0.2, -0.15) is 13.2 Å². The van der Waals surface area contributed by atoms with Crippen molar-refractivity contribution in [2.45, 2.75) is 12.2 Å². The Labute approximate surface area is 127 Å². The van der Waals surface area contributed by atoms with Crippen molar-refractivity contribution in [2.75, 3.05) is 0 Å². The predicted octanol–water partition coefficient (Wildman–Crippen LogP) is 5.17. The second-order valence-corrected chi connectivity index (χ2v) is 5.59. The minimum Gasteiger partial charge on any atom is -0.320 e. The summed E-state index contributed by atoms with van der Waals surface area (Å²) in [7, 11) is 0. The Morgan fingerprint density at radius 2 is 1.80 bits per heavy atom. The Balaban J connectivity index is 2.41. The van der Waals surface area contributed by atoms with Crippen molar-refractivity contribution in [3.05, 3.63) is 68.7 Å². The SMILES string of the molecule is NC(c1cccc(C(F)(F)F)c1)c1ccc(Br)cc1Cl. The van der Waals surface area contributed by atoms with E-state index >= 15 is 0 Å². The molecule has 0 saturated carbocycles. The fourth-order valence-electron chi connectivity index (χ4n) is 1.84. The van der Waals surface area contributed by atoms with Crippen molar-refractivity contribution < 1.29 is 13.2 Å². The summed E-state index contributed by atoms with van der Waals surface area (Å²) in [6.45, 7) is 0. The first-order valence-electron chi connectivity index (χ1n) is 5.66. The summed E-state index contributed by atoms with van der Waals surface area (Å²) in [5, 5.41) is 0.407. The zero-order valence-corrected chi connectivity index (χ0v) is 12.4. The summed E-state index contributed by atoms with van der Waals surface area (Å²) in [5.74, 6) is 0. The third kappa shape index (κ3) is 3.34. The van der Waals surface area contributed by atoms with Gasteiger partial charge in [0, 0.05) is 9.50 Å². The van der Waals surface area contributed by atoms with Crippen molar-refractivity contribution in [1.82, 2.24) is 0 Å². The van der Waals surface area contributed by atoms with Crippen LogP contribution in [0.4, 0.5) is 13.2 Å². The molecule has 0 heterocycles. The molecule has 2 rings (SSSR count). The molecule has 6 heteroatoms. The minimum absolute atomic E-state index is 0.365. The number of halogens is 5. The number of hydrogen-bond acceptors (Lipinski definition) is 1. The van der Waals surface area contributed by atoms with E-state index in [9.17, 15) is 13.2 Å². The maximum Gasteiger partial charge on any atom is 0.416 e. The van der Waals surface area contributed by atoms with Crippen LogP contribution in [0, 0.1) is 0 Å². The maximum atomic E-state index is 12.7. The van der Waals surface area contributed by atoms with E-state index in [1.807, 2.05) is 0 Å². The van der Waals surface area contributed by atoms with E-state index in [-0.39, 0.29) is 0 Å². The molecule has 1 unspecified atom stereocenters. The second kappa shape index (κ2) is 5.76. The molecule has 0 amide bonds. The highest BCUT2D eigenvalue weighted by Gasteiger charge is 2.30. The molecule has 0 aliphatic carbocycles. The summed E-state index contributed by atoms with van der Waals surface area (Å²) < 4.78 is 38.9. The van der Waals surface area contributed by atoms with Gasteiger partial charge in [-0.3, -0.25) is 0 Å². The molecule has 0 saturated heterocycles. The van der Waals surface area contributed by atoms with E-state index < -0.39 is 17.8 Å². The summed E-state index contributed by atoms with van der Waals surface area (Å²) >= 11 is 9.34. The lowest BCUT2D eigenvalue weighted by Crippen LogP contribution is -2.14. The monoisotopic (exact) mass is 363 g/mol. The molecule has 106 valence electrons. The van der Waals surface area contributed by atoms with Gasteiger partial charge in [-0.25, -0.2) is 0 Å².